The molecule has 2 rings (SSSR count). The molecule has 0 amide bonds. The monoisotopic (exact) mass is 231 g/mol. The number of hydrogen-bond acceptors (Lipinski definition) is 4. The lowest BCUT2D eigenvalue weighted by atomic mass is 10.2. The van der Waals surface area contributed by atoms with Crippen molar-refractivity contribution in [1.29, 1.82) is 0 Å². The van der Waals surface area contributed by atoms with Crippen molar-refractivity contribution < 1.29 is 13.9 Å². The van der Waals surface area contributed by atoms with Crippen LogP contribution < -0.4 is 5.76 Å². The predicted octanol–water partition coefficient (Wildman–Crippen LogP) is 0.785. The van der Waals surface area contributed by atoms with Gasteiger partial charge in [-0.1, -0.05) is 30.3 Å². The molecule has 1 aromatic heterocycles. The molecule has 1 aromatic carbocycles. The van der Waals surface area contributed by atoms with Crippen LogP contribution in [-0.2, 0) is 22.7 Å². The average Bonchev–Trinajstić information content (AvgIpc) is 2.74. The average molecular weight is 231 g/mol. The minimum absolute atomic E-state index is 0.177. The van der Waals surface area contributed by atoms with E-state index in [0.29, 0.717) is 0 Å². The first-order valence-electron chi connectivity index (χ1n) is 4.94. The molecule has 0 saturated heterocycles. The molecule has 0 N–H and O–H groups in total. The first-order chi connectivity index (χ1) is 8.25. The summed E-state index contributed by atoms with van der Waals surface area (Å²) in [5.41, 5.74) is 0.885. The number of benzene rings is 1. The van der Waals surface area contributed by atoms with Crippen molar-refractivity contribution in [3.8, 4) is 0 Å². The van der Waals surface area contributed by atoms with Gasteiger partial charge in [0.1, 0.15) is 19.4 Å². The summed E-state index contributed by atoms with van der Waals surface area (Å²) in [6.07, 6.45) is 4.47. The van der Waals surface area contributed by atoms with E-state index in [-0.39, 0.29) is 13.2 Å². The standard InChI is InChI=1S/C12H9NO4/c14-11(8-13-6-7-16-12(13)15)17-9-10-4-2-1-3-5-10/h1-5H,8-9H2. The fourth-order valence-corrected chi connectivity index (χ4v) is 1.24. The van der Waals surface area contributed by atoms with Gasteiger partial charge < -0.3 is 9.15 Å². The minimum atomic E-state index is -0.679. The molecule has 5 nitrogen and oxygen atoms in total. The Bertz CT molecular complexity index is 541. The molecule has 5 heteroatoms. The van der Waals surface area contributed by atoms with Crippen LogP contribution in [0.3, 0.4) is 0 Å². The third kappa shape index (κ3) is 2.98. The van der Waals surface area contributed by atoms with Crippen LogP contribution in [0.5, 0.6) is 0 Å². The quantitative estimate of drug-likeness (QED) is 0.730. The Morgan fingerprint density at radius 2 is 2.12 bits per heavy atom. The van der Waals surface area contributed by atoms with Crippen LogP contribution in [0, 0.1) is 12.5 Å². The number of esters is 1. The molecule has 1 heterocycles. The van der Waals surface area contributed by atoms with Crippen molar-refractivity contribution in [1.82, 2.24) is 4.57 Å². The van der Waals surface area contributed by atoms with Crippen LogP contribution >= 0.6 is 0 Å². The minimum Gasteiger partial charge on any atom is -0.459 e. The number of ether oxygens (including phenoxy) is 1. The second-order valence-electron chi connectivity index (χ2n) is 3.31. The van der Waals surface area contributed by atoms with E-state index in [2.05, 4.69) is 16.9 Å². The van der Waals surface area contributed by atoms with E-state index in [4.69, 9.17) is 4.74 Å². The van der Waals surface area contributed by atoms with Gasteiger partial charge in [-0.3, -0.25) is 4.79 Å². The lowest BCUT2D eigenvalue weighted by Gasteiger charge is -2.03. The molecule has 0 aliphatic carbocycles. The summed E-state index contributed by atoms with van der Waals surface area (Å²) < 4.78 is 10.3. The number of nitrogens with zero attached hydrogens (tertiary/aromatic N) is 1. The molecule has 0 aliphatic heterocycles. The molecule has 0 bridgehead atoms. The Kier molecular flexibility index (Phi) is 3.26. The van der Waals surface area contributed by atoms with E-state index in [1.807, 2.05) is 30.3 Å². The zero-order chi connectivity index (χ0) is 12.1. The van der Waals surface area contributed by atoms with E-state index >= 15 is 0 Å². The summed E-state index contributed by atoms with van der Waals surface area (Å²) >= 11 is 0. The maximum Gasteiger partial charge on any atom is 0.436 e. The largest absolute Gasteiger partial charge is 0.459 e. The zero-order valence-corrected chi connectivity index (χ0v) is 8.88. The maximum absolute atomic E-state index is 11.4. The Hall–Kier alpha value is -2.48. The van der Waals surface area contributed by atoms with Crippen LogP contribution in [0.1, 0.15) is 5.56 Å². The van der Waals surface area contributed by atoms with E-state index in [1.165, 1.54) is 0 Å². The zero-order valence-electron chi connectivity index (χ0n) is 8.88. The van der Waals surface area contributed by atoms with Gasteiger partial charge >= 0.3 is 11.7 Å². The summed E-state index contributed by atoms with van der Waals surface area (Å²) in [5.74, 6) is -1.20. The van der Waals surface area contributed by atoms with Gasteiger partial charge in [-0.05, 0) is 5.56 Å². The van der Waals surface area contributed by atoms with E-state index in [9.17, 15) is 9.59 Å². The van der Waals surface area contributed by atoms with Crippen LogP contribution in [0.4, 0.5) is 0 Å². The van der Waals surface area contributed by atoms with Crippen molar-refractivity contribution in [3.05, 3.63) is 58.9 Å². The summed E-state index contributed by atoms with van der Waals surface area (Å²) in [6.45, 7) is -0.0470. The molecule has 0 radical (unpaired) electrons. The van der Waals surface area contributed by atoms with Gasteiger partial charge in [0.05, 0.1) is 6.20 Å². The van der Waals surface area contributed by atoms with Crippen molar-refractivity contribution in [2.75, 3.05) is 0 Å². The number of carbonyl (C=O) groups excluding carboxylic acids is 1. The molecule has 0 fully saturated rings. The third-order valence-corrected chi connectivity index (χ3v) is 2.07. The Labute approximate surface area is 97.2 Å². The fourth-order valence-electron chi connectivity index (χ4n) is 1.24. The van der Waals surface area contributed by atoms with Gasteiger partial charge in [0.15, 0.2) is 0 Å². The fraction of sp³-hybridized carbons (Fsp3) is 0.167. The highest BCUT2D eigenvalue weighted by Crippen LogP contribution is 2.00. The van der Waals surface area contributed by atoms with Gasteiger partial charge in [-0.25, -0.2) is 9.36 Å². The molecule has 0 atom stereocenters. The van der Waals surface area contributed by atoms with Gasteiger partial charge in [0.2, 0.25) is 0 Å². The van der Waals surface area contributed by atoms with Crippen molar-refractivity contribution >= 4 is 5.97 Å². The van der Waals surface area contributed by atoms with Gasteiger partial charge in [-0.15, -0.1) is 0 Å². The molecule has 0 aliphatic rings. The van der Waals surface area contributed by atoms with Crippen LogP contribution in [0.25, 0.3) is 0 Å². The molecule has 2 aromatic rings. The first kappa shape index (κ1) is 11.0. The number of carbonyl (C=O) groups is 1. The Balaban J connectivity index is 1.87. The summed E-state index contributed by atoms with van der Waals surface area (Å²) in [5, 5.41) is 0. The van der Waals surface area contributed by atoms with Crippen molar-refractivity contribution in [2.24, 2.45) is 0 Å². The Morgan fingerprint density at radius 1 is 1.35 bits per heavy atom. The van der Waals surface area contributed by atoms with Crippen LogP contribution in [0.2, 0.25) is 0 Å². The summed E-state index contributed by atoms with van der Waals surface area (Å²) in [7, 11) is 0. The summed E-state index contributed by atoms with van der Waals surface area (Å²) in [4.78, 5) is 22.3. The van der Waals surface area contributed by atoms with Gasteiger partial charge in [0, 0.05) is 0 Å². The SMILES string of the molecule is O=C(Cn1c#coc1=O)OCc1ccccc1. The number of hydrogen-bond donors (Lipinski definition) is 0. The predicted molar refractivity (Wildman–Crippen MR) is 56.9 cm³/mol. The van der Waals surface area contributed by atoms with E-state index < -0.39 is 11.7 Å². The molecule has 0 saturated carbocycles. The molecule has 0 spiro atoms. The topological polar surface area (TPSA) is 61.4 Å². The van der Waals surface area contributed by atoms with Gasteiger partial charge in [-0.2, -0.15) is 0 Å². The van der Waals surface area contributed by atoms with E-state index in [1.54, 1.807) is 0 Å². The van der Waals surface area contributed by atoms with Crippen molar-refractivity contribution in [2.45, 2.75) is 13.2 Å². The second kappa shape index (κ2) is 5.03. The second-order valence-corrected chi connectivity index (χ2v) is 3.31. The normalized spacial score (nSPS) is 9.65. The molecular weight excluding hydrogens is 222 g/mol. The third-order valence-electron chi connectivity index (χ3n) is 2.07. The Morgan fingerprint density at radius 3 is 2.76 bits per heavy atom. The molecule has 17 heavy (non-hydrogen) atoms. The van der Waals surface area contributed by atoms with Crippen molar-refractivity contribution in [3.63, 3.8) is 0 Å². The smallest absolute Gasteiger partial charge is 0.436 e. The van der Waals surface area contributed by atoms with E-state index in [0.717, 1.165) is 10.1 Å². The maximum atomic E-state index is 11.4. The molecule has 86 valence electrons. The molecule has 0 unspecified atom stereocenters. The summed E-state index contributed by atoms with van der Waals surface area (Å²) in [6, 6.07) is 9.27. The highest BCUT2D eigenvalue weighted by molar-refractivity contribution is 5.69. The lowest BCUT2D eigenvalue weighted by molar-refractivity contribution is -0.145. The highest BCUT2D eigenvalue weighted by Gasteiger charge is 2.07. The number of aromatic nitrogens is 1. The molecular formula is C12H9NO4. The lowest BCUT2D eigenvalue weighted by Crippen LogP contribution is -2.21. The first-order valence-corrected chi connectivity index (χ1v) is 4.94. The van der Waals surface area contributed by atoms with Crippen LogP contribution in [0.15, 0.2) is 39.5 Å². The number of rotatable bonds is 4. The highest BCUT2D eigenvalue weighted by atomic mass is 16.5. The van der Waals surface area contributed by atoms with Crippen LogP contribution in [-0.4, -0.2) is 10.5 Å². The van der Waals surface area contributed by atoms with Gasteiger partial charge in [0.25, 0.3) is 0 Å².